The van der Waals surface area contributed by atoms with Crippen LogP contribution >= 0.6 is 0 Å². The Morgan fingerprint density at radius 1 is 1.14 bits per heavy atom. The molecule has 2 heterocycles. The quantitative estimate of drug-likeness (QED) is 0.688. The van der Waals surface area contributed by atoms with E-state index in [1.54, 1.807) is 7.05 Å². The van der Waals surface area contributed by atoms with E-state index in [-0.39, 0.29) is 11.9 Å². The molecule has 3 amide bonds. The van der Waals surface area contributed by atoms with E-state index in [1.165, 1.54) is 10.5 Å². The minimum absolute atomic E-state index is 0.275. The van der Waals surface area contributed by atoms with Crippen molar-refractivity contribution in [3.8, 4) is 0 Å². The van der Waals surface area contributed by atoms with Crippen molar-refractivity contribution >= 4 is 17.9 Å². The average molecular weight is 387 g/mol. The van der Waals surface area contributed by atoms with Gasteiger partial charge in [-0.15, -0.1) is 0 Å². The van der Waals surface area contributed by atoms with Crippen molar-refractivity contribution in [2.24, 2.45) is 4.99 Å². The van der Waals surface area contributed by atoms with Crippen LogP contribution in [0.1, 0.15) is 19.4 Å². The van der Waals surface area contributed by atoms with Gasteiger partial charge in [0, 0.05) is 20.1 Å². The molecular formula is C20H30N6O2. The molecule has 8 heteroatoms. The van der Waals surface area contributed by atoms with Crippen LogP contribution in [0.5, 0.6) is 0 Å². The van der Waals surface area contributed by atoms with Crippen LogP contribution in [0.15, 0.2) is 35.3 Å². The second-order valence-electron chi connectivity index (χ2n) is 7.10. The molecular weight excluding hydrogens is 356 g/mol. The van der Waals surface area contributed by atoms with Gasteiger partial charge in [-0.2, -0.15) is 0 Å². The predicted octanol–water partition coefficient (Wildman–Crippen LogP) is 0.708. The molecule has 0 saturated carbocycles. The van der Waals surface area contributed by atoms with Gasteiger partial charge in [0.05, 0.1) is 6.54 Å². The third-order valence-corrected chi connectivity index (χ3v) is 5.48. The molecule has 152 valence electrons. The van der Waals surface area contributed by atoms with Crippen molar-refractivity contribution in [1.29, 1.82) is 0 Å². The van der Waals surface area contributed by atoms with E-state index in [9.17, 15) is 9.59 Å². The SMILES string of the molecule is CCN(CC)CCN=C1NC2C(C(=O)NC(=O)N2C)N1CCc1ccccc1. The minimum atomic E-state index is -0.474. The van der Waals surface area contributed by atoms with Crippen molar-refractivity contribution in [3.63, 3.8) is 0 Å². The third-order valence-electron chi connectivity index (χ3n) is 5.48. The highest BCUT2D eigenvalue weighted by Crippen LogP contribution is 2.21. The normalized spacial score (nSPS) is 23.2. The lowest BCUT2D eigenvalue weighted by atomic mass is 10.1. The van der Waals surface area contributed by atoms with E-state index in [2.05, 4.69) is 41.5 Å². The summed E-state index contributed by atoms with van der Waals surface area (Å²) in [6.45, 7) is 8.39. The zero-order chi connectivity index (χ0) is 20.1. The van der Waals surface area contributed by atoms with Gasteiger partial charge in [0.1, 0.15) is 6.17 Å². The van der Waals surface area contributed by atoms with Gasteiger partial charge in [-0.3, -0.25) is 15.1 Å². The van der Waals surface area contributed by atoms with E-state index in [0.717, 1.165) is 26.1 Å². The number of nitrogens with zero attached hydrogens (tertiary/aromatic N) is 4. The monoisotopic (exact) mass is 386 g/mol. The van der Waals surface area contributed by atoms with Gasteiger partial charge in [-0.1, -0.05) is 44.2 Å². The number of likely N-dealkylation sites (N-methyl/N-ethyl adjacent to an activating group) is 2. The Hall–Kier alpha value is -2.61. The number of aliphatic imine (C=N–C) groups is 1. The molecule has 2 saturated heterocycles. The van der Waals surface area contributed by atoms with Crippen LogP contribution in [0.25, 0.3) is 0 Å². The number of benzene rings is 1. The number of carbonyl (C=O) groups is 2. The predicted molar refractivity (Wildman–Crippen MR) is 109 cm³/mol. The van der Waals surface area contributed by atoms with Gasteiger partial charge in [-0.25, -0.2) is 4.79 Å². The molecule has 0 bridgehead atoms. The third kappa shape index (κ3) is 4.27. The lowest BCUT2D eigenvalue weighted by Crippen LogP contribution is -2.64. The molecule has 2 unspecified atom stereocenters. The number of hydrogen-bond acceptors (Lipinski definition) is 4. The van der Waals surface area contributed by atoms with E-state index < -0.39 is 12.2 Å². The summed E-state index contributed by atoms with van der Waals surface area (Å²) in [6.07, 6.45) is 0.399. The number of imide groups is 1. The Labute approximate surface area is 166 Å². The molecule has 1 aromatic rings. The van der Waals surface area contributed by atoms with Gasteiger partial charge in [0.2, 0.25) is 0 Å². The lowest BCUT2D eigenvalue weighted by molar-refractivity contribution is -0.127. The van der Waals surface area contributed by atoms with Gasteiger partial charge >= 0.3 is 6.03 Å². The lowest BCUT2D eigenvalue weighted by Gasteiger charge is -2.35. The number of rotatable bonds is 8. The molecule has 2 aliphatic heterocycles. The zero-order valence-electron chi connectivity index (χ0n) is 16.9. The summed E-state index contributed by atoms with van der Waals surface area (Å²) in [6, 6.07) is 9.32. The number of carbonyl (C=O) groups excluding carboxylic acids is 2. The molecule has 2 N–H and O–H groups in total. The van der Waals surface area contributed by atoms with E-state index in [0.29, 0.717) is 19.0 Å². The van der Waals surface area contributed by atoms with Gasteiger partial charge in [-0.05, 0) is 25.1 Å². The van der Waals surface area contributed by atoms with Crippen LogP contribution < -0.4 is 10.6 Å². The van der Waals surface area contributed by atoms with Crippen molar-refractivity contribution in [3.05, 3.63) is 35.9 Å². The highest BCUT2D eigenvalue weighted by molar-refractivity contribution is 6.04. The standard InChI is InChI=1S/C20H30N6O2/c1-4-25(5-2)14-12-21-19-22-17-16(18(27)23-20(28)24(17)3)26(19)13-11-15-9-7-6-8-10-15/h6-10,16-17H,4-5,11-14H2,1-3H3,(H,21,22)(H,23,27,28). The molecule has 28 heavy (non-hydrogen) atoms. The van der Waals surface area contributed by atoms with Crippen molar-refractivity contribution < 1.29 is 9.59 Å². The number of hydrogen-bond donors (Lipinski definition) is 2. The number of amides is 3. The summed E-state index contributed by atoms with van der Waals surface area (Å²) < 4.78 is 0. The van der Waals surface area contributed by atoms with E-state index in [4.69, 9.17) is 4.99 Å². The Morgan fingerprint density at radius 2 is 1.86 bits per heavy atom. The molecule has 2 atom stereocenters. The van der Waals surface area contributed by atoms with Crippen LogP contribution in [-0.2, 0) is 11.2 Å². The molecule has 0 spiro atoms. The topological polar surface area (TPSA) is 80.3 Å². The first kappa shape index (κ1) is 20.1. The summed E-state index contributed by atoms with van der Waals surface area (Å²) in [7, 11) is 1.70. The van der Waals surface area contributed by atoms with Crippen molar-refractivity contribution in [2.45, 2.75) is 32.5 Å². The molecule has 2 aliphatic rings. The number of nitrogens with one attached hydrogen (secondary N) is 2. The van der Waals surface area contributed by atoms with Crippen LogP contribution in [0.4, 0.5) is 4.79 Å². The maximum Gasteiger partial charge on any atom is 0.325 e. The maximum absolute atomic E-state index is 12.6. The summed E-state index contributed by atoms with van der Waals surface area (Å²) in [5.41, 5.74) is 1.20. The van der Waals surface area contributed by atoms with Crippen LogP contribution in [0, 0.1) is 0 Å². The fraction of sp³-hybridized carbons (Fsp3) is 0.550. The van der Waals surface area contributed by atoms with Crippen LogP contribution in [0.3, 0.4) is 0 Å². The molecule has 0 radical (unpaired) electrons. The highest BCUT2D eigenvalue weighted by atomic mass is 16.2. The summed E-state index contributed by atoms with van der Waals surface area (Å²) in [5.74, 6) is 0.414. The molecule has 8 nitrogen and oxygen atoms in total. The first-order chi connectivity index (χ1) is 13.5. The van der Waals surface area contributed by atoms with Gasteiger partial charge in [0.25, 0.3) is 5.91 Å². The minimum Gasteiger partial charge on any atom is -0.334 e. The zero-order valence-corrected chi connectivity index (χ0v) is 16.9. The molecule has 0 aliphatic carbocycles. The largest absolute Gasteiger partial charge is 0.334 e. The molecule has 0 aromatic heterocycles. The Bertz CT molecular complexity index is 719. The first-order valence-corrected chi connectivity index (χ1v) is 9.96. The smallest absolute Gasteiger partial charge is 0.325 e. The maximum atomic E-state index is 12.6. The van der Waals surface area contributed by atoms with Gasteiger partial charge in [0.15, 0.2) is 12.0 Å². The van der Waals surface area contributed by atoms with E-state index in [1.807, 2.05) is 23.1 Å². The van der Waals surface area contributed by atoms with Crippen LogP contribution in [-0.4, -0.2) is 84.6 Å². The molecule has 1 aromatic carbocycles. The summed E-state index contributed by atoms with van der Waals surface area (Å²) in [5, 5.41) is 5.75. The first-order valence-electron chi connectivity index (χ1n) is 9.96. The number of guanidine groups is 1. The Morgan fingerprint density at radius 3 is 2.54 bits per heavy atom. The second kappa shape index (κ2) is 9.05. The number of urea groups is 1. The Balaban J connectivity index is 1.77. The summed E-state index contributed by atoms with van der Waals surface area (Å²) in [4.78, 5) is 35.2. The second-order valence-corrected chi connectivity index (χ2v) is 7.10. The van der Waals surface area contributed by atoms with Gasteiger partial charge < -0.3 is 20.0 Å². The van der Waals surface area contributed by atoms with Crippen molar-refractivity contribution in [2.75, 3.05) is 39.8 Å². The van der Waals surface area contributed by atoms with Crippen molar-refractivity contribution in [1.82, 2.24) is 25.3 Å². The fourth-order valence-corrected chi connectivity index (χ4v) is 3.70. The average Bonchev–Trinajstić information content (AvgIpc) is 3.08. The fourth-order valence-electron chi connectivity index (χ4n) is 3.70. The summed E-state index contributed by atoms with van der Waals surface area (Å²) >= 11 is 0. The molecule has 3 rings (SSSR count). The Kier molecular flexibility index (Phi) is 6.51. The molecule has 2 fully saturated rings. The highest BCUT2D eigenvalue weighted by Gasteiger charge is 2.49. The number of fused-ring (bicyclic) bond motifs is 1. The van der Waals surface area contributed by atoms with E-state index >= 15 is 0 Å². The van der Waals surface area contributed by atoms with Crippen LogP contribution in [0.2, 0.25) is 0 Å².